The van der Waals surface area contributed by atoms with E-state index in [9.17, 15) is 5.11 Å². The van der Waals surface area contributed by atoms with Gasteiger partial charge >= 0.3 is 0 Å². The summed E-state index contributed by atoms with van der Waals surface area (Å²) in [6, 6.07) is 5.76. The van der Waals surface area contributed by atoms with E-state index in [2.05, 4.69) is 25.2 Å². The highest BCUT2D eigenvalue weighted by Gasteiger charge is 2.34. The zero-order valence-corrected chi connectivity index (χ0v) is 9.67. The predicted octanol–water partition coefficient (Wildman–Crippen LogP) is 2.42. The van der Waals surface area contributed by atoms with E-state index in [0.29, 0.717) is 11.7 Å². The van der Waals surface area contributed by atoms with E-state index >= 15 is 0 Å². The predicted molar refractivity (Wildman–Crippen MR) is 62.3 cm³/mol. The Balaban J connectivity index is 2.39. The molecule has 2 heteroatoms. The monoisotopic (exact) mass is 205 g/mol. The lowest BCUT2D eigenvalue weighted by atomic mass is 9.83. The number of aryl methyl sites for hydroxylation is 1. The molecule has 0 bridgehead atoms. The molecule has 0 aromatic heterocycles. The molecule has 0 aliphatic heterocycles. The summed E-state index contributed by atoms with van der Waals surface area (Å²) in [5, 5.41) is 12.9. The topological polar surface area (TPSA) is 32.3 Å². The lowest BCUT2D eigenvalue weighted by Crippen LogP contribution is -2.41. The molecular formula is C13H19NO. The maximum Gasteiger partial charge on any atom is 0.115 e. The Kier molecular flexibility index (Phi) is 2.47. The number of hydrogen-bond acceptors (Lipinski definition) is 2. The van der Waals surface area contributed by atoms with Crippen LogP contribution in [0.1, 0.15) is 37.3 Å². The van der Waals surface area contributed by atoms with Crippen LogP contribution in [0.2, 0.25) is 0 Å². The van der Waals surface area contributed by atoms with Gasteiger partial charge in [-0.3, -0.25) is 0 Å². The number of phenols is 1. The number of likely N-dealkylation sites (N-methyl/N-ethyl adjacent to an activating group) is 1. The molecule has 1 aromatic rings. The maximum absolute atomic E-state index is 9.53. The molecule has 1 unspecified atom stereocenters. The van der Waals surface area contributed by atoms with E-state index in [1.54, 1.807) is 6.07 Å². The highest BCUT2D eigenvalue weighted by molar-refractivity contribution is 5.42. The van der Waals surface area contributed by atoms with Crippen molar-refractivity contribution >= 4 is 0 Å². The molecule has 1 aliphatic carbocycles. The first kappa shape index (κ1) is 10.5. The normalized spacial score (nSPS) is 20.3. The van der Waals surface area contributed by atoms with Gasteiger partial charge in [0, 0.05) is 11.5 Å². The molecule has 0 spiro atoms. The minimum Gasteiger partial charge on any atom is -0.508 e. The molecule has 0 saturated heterocycles. The Bertz CT molecular complexity index is 371. The van der Waals surface area contributed by atoms with Crippen LogP contribution in [-0.4, -0.2) is 17.7 Å². The first-order chi connectivity index (χ1) is 7.04. The summed E-state index contributed by atoms with van der Waals surface area (Å²) in [4.78, 5) is 0. The van der Waals surface area contributed by atoms with Gasteiger partial charge in [0.25, 0.3) is 0 Å². The molecular weight excluding hydrogens is 186 g/mol. The standard InChI is InChI=1S/C13H19NO/c1-13(2,14-3)12-7-5-9-4-6-10(15)8-11(9)12/h4,6,8,12,14-15H,5,7H2,1-3H3. The van der Waals surface area contributed by atoms with Gasteiger partial charge in [-0.25, -0.2) is 0 Å². The second-order valence-electron chi connectivity index (χ2n) is 4.95. The average molecular weight is 205 g/mol. The lowest BCUT2D eigenvalue weighted by molar-refractivity contribution is 0.340. The molecule has 0 heterocycles. The molecule has 1 aliphatic rings. The minimum atomic E-state index is 0.0963. The summed E-state index contributed by atoms with van der Waals surface area (Å²) in [6.07, 6.45) is 2.30. The van der Waals surface area contributed by atoms with Crippen molar-refractivity contribution in [3.05, 3.63) is 29.3 Å². The Morgan fingerprint density at radius 3 is 2.80 bits per heavy atom. The van der Waals surface area contributed by atoms with Crippen LogP contribution in [0, 0.1) is 0 Å². The summed E-state index contributed by atoms with van der Waals surface area (Å²) in [5.74, 6) is 0.886. The van der Waals surface area contributed by atoms with Crippen molar-refractivity contribution in [2.45, 2.75) is 38.1 Å². The summed E-state index contributed by atoms with van der Waals surface area (Å²) < 4.78 is 0. The summed E-state index contributed by atoms with van der Waals surface area (Å²) >= 11 is 0. The molecule has 2 nitrogen and oxygen atoms in total. The van der Waals surface area contributed by atoms with Crippen molar-refractivity contribution < 1.29 is 5.11 Å². The number of benzene rings is 1. The minimum absolute atomic E-state index is 0.0963. The van der Waals surface area contributed by atoms with Gasteiger partial charge in [0.1, 0.15) is 5.75 Å². The number of rotatable bonds is 2. The number of phenolic OH excluding ortho intramolecular Hbond substituents is 1. The molecule has 0 amide bonds. The van der Waals surface area contributed by atoms with E-state index in [4.69, 9.17) is 0 Å². The van der Waals surface area contributed by atoms with E-state index in [1.807, 2.05) is 13.1 Å². The van der Waals surface area contributed by atoms with Crippen molar-refractivity contribution in [3.63, 3.8) is 0 Å². The Hall–Kier alpha value is -1.02. The average Bonchev–Trinajstić information content (AvgIpc) is 2.61. The van der Waals surface area contributed by atoms with Crippen LogP contribution >= 0.6 is 0 Å². The first-order valence-electron chi connectivity index (χ1n) is 5.55. The van der Waals surface area contributed by atoms with Crippen LogP contribution in [0.3, 0.4) is 0 Å². The quantitative estimate of drug-likeness (QED) is 0.777. The van der Waals surface area contributed by atoms with Gasteiger partial charge < -0.3 is 10.4 Å². The molecule has 0 radical (unpaired) electrons. The van der Waals surface area contributed by atoms with Crippen LogP contribution in [-0.2, 0) is 6.42 Å². The first-order valence-corrected chi connectivity index (χ1v) is 5.55. The summed E-state index contributed by atoms with van der Waals surface area (Å²) in [6.45, 7) is 4.44. The fourth-order valence-corrected chi connectivity index (χ4v) is 2.51. The molecule has 82 valence electrons. The van der Waals surface area contributed by atoms with E-state index in [1.165, 1.54) is 17.5 Å². The third kappa shape index (κ3) is 1.74. The van der Waals surface area contributed by atoms with Crippen molar-refractivity contribution in [2.24, 2.45) is 0 Å². The third-order valence-corrected chi connectivity index (χ3v) is 3.72. The summed E-state index contributed by atoms with van der Waals surface area (Å²) in [7, 11) is 2.00. The Morgan fingerprint density at radius 2 is 2.13 bits per heavy atom. The highest BCUT2D eigenvalue weighted by atomic mass is 16.3. The zero-order valence-electron chi connectivity index (χ0n) is 9.67. The van der Waals surface area contributed by atoms with Gasteiger partial charge in [-0.15, -0.1) is 0 Å². The van der Waals surface area contributed by atoms with Crippen LogP contribution in [0.25, 0.3) is 0 Å². The SMILES string of the molecule is CNC(C)(C)C1CCc2ccc(O)cc21. The number of hydrogen-bond donors (Lipinski definition) is 2. The lowest BCUT2D eigenvalue weighted by Gasteiger charge is -2.32. The van der Waals surface area contributed by atoms with Gasteiger partial charge in [-0.1, -0.05) is 6.07 Å². The Labute approximate surface area is 91.3 Å². The number of aromatic hydroxyl groups is 1. The highest BCUT2D eigenvalue weighted by Crippen LogP contribution is 2.41. The molecule has 15 heavy (non-hydrogen) atoms. The molecule has 1 aromatic carbocycles. The van der Waals surface area contributed by atoms with Gasteiger partial charge in [0.05, 0.1) is 0 Å². The van der Waals surface area contributed by atoms with E-state index in [0.717, 1.165) is 6.42 Å². The van der Waals surface area contributed by atoms with E-state index < -0.39 is 0 Å². The van der Waals surface area contributed by atoms with Crippen LogP contribution in [0.5, 0.6) is 5.75 Å². The summed E-state index contributed by atoms with van der Waals surface area (Å²) in [5.41, 5.74) is 2.80. The fourth-order valence-electron chi connectivity index (χ4n) is 2.51. The smallest absolute Gasteiger partial charge is 0.115 e. The van der Waals surface area contributed by atoms with Crippen molar-refractivity contribution in [3.8, 4) is 5.75 Å². The van der Waals surface area contributed by atoms with Crippen molar-refractivity contribution in [1.29, 1.82) is 0 Å². The number of nitrogens with one attached hydrogen (secondary N) is 1. The van der Waals surface area contributed by atoms with Gasteiger partial charge in [-0.05, 0) is 57.0 Å². The Morgan fingerprint density at radius 1 is 1.40 bits per heavy atom. The van der Waals surface area contributed by atoms with Crippen LogP contribution in [0.15, 0.2) is 18.2 Å². The largest absolute Gasteiger partial charge is 0.508 e. The van der Waals surface area contributed by atoms with Crippen LogP contribution < -0.4 is 5.32 Å². The molecule has 0 fully saturated rings. The molecule has 1 atom stereocenters. The zero-order chi connectivity index (χ0) is 11.1. The van der Waals surface area contributed by atoms with Crippen molar-refractivity contribution in [1.82, 2.24) is 5.32 Å². The van der Waals surface area contributed by atoms with E-state index in [-0.39, 0.29) is 5.54 Å². The molecule has 0 saturated carbocycles. The molecule has 2 rings (SSSR count). The van der Waals surface area contributed by atoms with Gasteiger partial charge in [-0.2, -0.15) is 0 Å². The maximum atomic E-state index is 9.53. The third-order valence-electron chi connectivity index (χ3n) is 3.72. The fraction of sp³-hybridized carbons (Fsp3) is 0.538. The van der Waals surface area contributed by atoms with Crippen LogP contribution in [0.4, 0.5) is 0 Å². The van der Waals surface area contributed by atoms with Gasteiger partial charge in [0.2, 0.25) is 0 Å². The van der Waals surface area contributed by atoms with Gasteiger partial charge in [0.15, 0.2) is 0 Å². The van der Waals surface area contributed by atoms with Crippen molar-refractivity contribution in [2.75, 3.05) is 7.05 Å². The second kappa shape index (κ2) is 3.53. The second-order valence-corrected chi connectivity index (χ2v) is 4.95. The number of fused-ring (bicyclic) bond motifs is 1. The molecule has 2 N–H and O–H groups in total.